The molecule has 2 aromatic carbocycles. The summed E-state index contributed by atoms with van der Waals surface area (Å²) in [6, 6.07) is 7.19. The third kappa shape index (κ3) is 4.50. The molecule has 6 nitrogen and oxygen atoms in total. The standard InChI is InChI=1S/C24H23F2N3O3/c1-31-24-18(3-2-7-28-24)20(13-27-14-30)19-11-23-15(6-8-32-23)10-22(19)29-12-16-9-17(25)4-5-21(16)26/h2-5,7,9-11,13-14,24,28-29H,6,8,12H2,1H3,(H,27,30)/b20-13+. The van der Waals surface area contributed by atoms with Crippen LogP contribution < -0.4 is 20.7 Å². The highest BCUT2D eigenvalue weighted by molar-refractivity contribution is 5.88. The van der Waals surface area contributed by atoms with Crippen LogP contribution in [0.1, 0.15) is 16.7 Å². The predicted molar refractivity (Wildman–Crippen MR) is 118 cm³/mol. The minimum absolute atomic E-state index is 0.0789. The lowest BCUT2D eigenvalue weighted by molar-refractivity contribution is -0.108. The molecule has 3 N–H and O–H groups in total. The van der Waals surface area contributed by atoms with Crippen LogP contribution in [0.25, 0.3) is 5.57 Å². The lowest BCUT2D eigenvalue weighted by Gasteiger charge is -2.26. The summed E-state index contributed by atoms with van der Waals surface area (Å²) in [6.45, 7) is 0.644. The number of nitrogens with one attached hydrogen (secondary N) is 3. The average Bonchev–Trinajstić information content (AvgIpc) is 3.27. The summed E-state index contributed by atoms with van der Waals surface area (Å²) in [4.78, 5) is 11.1. The van der Waals surface area contributed by atoms with Gasteiger partial charge in [-0.25, -0.2) is 8.78 Å². The molecule has 0 fully saturated rings. The Labute approximate surface area is 184 Å². The smallest absolute Gasteiger partial charge is 0.211 e. The number of carbonyl (C=O) groups is 1. The first kappa shape index (κ1) is 21.6. The number of halogens is 2. The van der Waals surface area contributed by atoms with Gasteiger partial charge >= 0.3 is 0 Å². The molecule has 1 atom stereocenters. The molecule has 2 aromatic rings. The molecule has 0 aliphatic carbocycles. The Morgan fingerprint density at radius 3 is 3.00 bits per heavy atom. The Kier molecular flexibility index (Phi) is 6.51. The fourth-order valence-corrected chi connectivity index (χ4v) is 3.80. The van der Waals surface area contributed by atoms with E-state index in [1.165, 1.54) is 6.07 Å². The normalized spacial score (nSPS) is 17.2. The van der Waals surface area contributed by atoms with Gasteiger partial charge in [0.1, 0.15) is 17.4 Å². The maximum atomic E-state index is 14.2. The van der Waals surface area contributed by atoms with Crippen LogP contribution in [0.2, 0.25) is 0 Å². The quantitative estimate of drug-likeness (QED) is 0.548. The second kappa shape index (κ2) is 9.65. The van der Waals surface area contributed by atoms with Crippen molar-refractivity contribution in [2.24, 2.45) is 0 Å². The average molecular weight is 439 g/mol. The molecule has 1 amide bonds. The number of benzene rings is 2. The molecule has 0 radical (unpaired) electrons. The fraction of sp³-hybridized carbons (Fsp3) is 0.208. The van der Waals surface area contributed by atoms with Crippen molar-refractivity contribution >= 4 is 17.7 Å². The number of dihydropyridines is 1. The Bertz CT molecular complexity index is 1110. The molecule has 0 saturated heterocycles. The van der Waals surface area contributed by atoms with Crippen molar-refractivity contribution in [3.05, 3.63) is 88.8 Å². The summed E-state index contributed by atoms with van der Waals surface area (Å²) >= 11 is 0. The van der Waals surface area contributed by atoms with Gasteiger partial charge in [-0.05, 0) is 48.2 Å². The molecule has 4 rings (SSSR count). The SMILES string of the molecule is COC1NC=CC=C1/C(=C\NC=O)c1cc2c(cc1NCc1cc(F)ccc1F)CCO2. The van der Waals surface area contributed by atoms with E-state index in [1.54, 1.807) is 19.5 Å². The van der Waals surface area contributed by atoms with Gasteiger partial charge in [0.05, 0.1) is 6.61 Å². The lowest BCUT2D eigenvalue weighted by atomic mass is 9.92. The Morgan fingerprint density at radius 2 is 2.19 bits per heavy atom. The van der Waals surface area contributed by atoms with Crippen molar-refractivity contribution in [1.82, 2.24) is 10.6 Å². The van der Waals surface area contributed by atoms with E-state index in [0.717, 1.165) is 41.0 Å². The summed E-state index contributed by atoms with van der Waals surface area (Å²) in [7, 11) is 1.58. The number of hydrogen-bond acceptors (Lipinski definition) is 5. The van der Waals surface area contributed by atoms with Crippen LogP contribution in [0.4, 0.5) is 14.5 Å². The molecule has 0 bridgehead atoms. The summed E-state index contributed by atoms with van der Waals surface area (Å²) in [5.74, 6) is -0.254. The summed E-state index contributed by atoms with van der Waals surface area (Å²) in [5, 5.41) is 8.95. The number of allylic oxidation sites excluding steroid dienone is 2. The first-order valence-corrected chi connectivity index (χ1v) is 10.1. The Hall–Kier alpha value is -3.65. The number of hydrogen-bond donors (Lipinski definition) is 3. The van der Waals surface area contributed by atoms with Crippen molar-refractivity contribution in [3.8, 4) is 5.75 Å². The maximum Gasteiger partial charge on any atom is 0.211 e. The molecule has 2 aliphatic rings. The second-order valence-corrected chi connectivity index (χ2v) is 7.30. The van der Waals surface area contributed by atoms with E-state index in [1.807, 2.05) is 24.3 Å². The maximum absolute atomic E-state index is 14.2. The number of ether oxygens (including phenoxy) is 2. The van der Waals surface area contributed by atoms with Crippen molar-refractivity contribution < 1.29 is 23.0 Å². The summed E-state index contributed by atoms with van der Waals surface area (Å²) in [6.07, 6.45) is 7.94. The van der Waals surface area contributed by atoms with Gasteiger partial charge in [-0.15, -0.1) is 0 Å². The van der Waals surface area contributed by atoms with Crippen LogP contribution in [0, 0.1) is 11.6 Å². The molecule has 0 spiro atoms. The van der Waals surface area contributed by atoms with E-state index in [0.29, 0.717) is 24.3 Å². The minimum Gasteiger partial charge on any atom is -0.493 e. The van der Waals surface area contributed by atoms with Gasteiger partial charge in [0.15, 0.2) is 6.23 Å². The van der Waals surface area contributed by atoms with Gasteiger partial charge < -0.3 is 25.4 Å². The van der Waals surface area contributed by atoms with Gasteiger partial charge in [0, 0.05) is 54.2 Å². The van der Waals surface area contributed by atoms with Crippen LogP contribution in [-0.2, 0) is 22.5 Å². The zero-order valence-corrected chi connectivity index (χ0v) is 17.5. The van der Waals surface area contributed by atoms with E-state index in [9.17, 15) is 13.6 Å². The number of carbonyl (C=O) groups excluding carboxylic acids is 1. The molecule has 2 heterocycles. The molecule has 0 saturated carbocycles. The van der Waals surface area contributed by atoms with Crippen molar-refractivity contribution in [3.63, 3.8) is 0 Å². The van der Waals surface area contributed by atoms with Gasteiger partial charge in [-0.2, -0.15) is 0 Å². The van der Waals surface area contributed by atoms with E-state index in [4.69, 9.17) is 9.47 Å². The molecule has 166 valence electrons. The van der Waals surface area contributed by atoms with Crippen LogP contribution in [0.15, 0.2) is 60.5 Å². The Morgan fingerprint density at radius 1 is 1.31 bits per heavy atom. The van der Waals surface area contributed by atoms with Crippen molar-refractivity contribution in [2.75, 3.05) is 19.0 Å². The van der Waals surface area contributed by atoms with Crippen LogP contribution in [0.5, 0.6) is 5.75 Å². The van der Waals surface area contributed by atoms with Gasteiger partial charge in [0.25, 0.3) is 0 Å². The highest BCUT2D eigenvalue weighted by Gasteiger charge is 2.24. The first-order valence-electron chi connectivity index (χ1n) is 10.1. The second-order valence-electron chi connectivity index (χ2n) is 7.30. The summed E-state index contributed by atoms with van der Waals surface area (Å²) < 4.78 is 39.1. The van der Waals surface area contributed by atoms with Crippen molar-refractivity contribution in [1.29, 1.82) is 0 Å². The van der Waals surface area contributed by atoms with E-state index >= 15 is 0 Å². The number of fused-ring (bicyclic) bond motifs is 1. The zero-order valence-electron chi connectivity index (χ0n) is 17.5. The molecule has 0 aromatic heterocycles. The molecular formula is C24H23F2N3O3. The predicted octanol–water partition coefficient (Wildman–Crippen LogP) is 3.61. The van der Waals surface area contributed by atoms with Crippen LogP contribution >= 0.6 is 0 Å². The van der Waals surface area contributed by atoms with Crippen LogP contribution in [-0.4, -0.2) is 26.4 Å². The van der Waals surface area contributed by atoms with E-state index in [2.05, 4.69) is 16.0 Å². The number of amides is 1. The lowest BCUT2D eigenvalue weighted by Crippen LogP contribution is -2.31. The van der Waals surface area contributed by atoms with Gasteiger partial charge in [-0.3, -0.25) is 4.79 Å². The molecule has 2 aliphatic heterocycles. The molecule has 1 unspecified atom stereocenters. The fourth-order valence-electron chi connectivity index (χ4n) is 3.80. The molecular weight excluding hydrogens is 416 g/mol. The zero-order chi connectivity index (χ0) is 22.5. The van der Waals surface area contributed by atoms with Crippen molar-refractivity contribution in [2.45, 2.75) is 19.2 Å². The first-order chi connectivity index (χ1) is 15.6. The highest BCUT2D eigenvalue weighted by atomic mass is 19.1. The van der Waals surface area contributed by atoms with Crippen LogP contribution in [0.3, 0.4) is 0 Å². The highest BCUT2D eigenvalue weighted by Crippen LogP contribution is 2.39. The number of rotatable bonds is 8. The minimum atomic E-state index is -0.505. The number of anilines is 1. The topological polar surface area (TPSA) is 71.6 Å². The van der Waals surface area contributed by atoms with E-state index < -0.39 is 17.9 Å². The van der Waals surface area contributed by atoms with E-state index in [-0.39, 0.29) is 12.1 Å². The number of methoxy groups -OCH3 is 1. The third-order valence-corrected chi connectivity index (χ3v) is 5.34. The summed E-state index contributed by atoms with van der Waals surface area (Å²) in [5.41, 5.74) is 4.10. The van der Waals surface area contributed by atoms with Gasteiger partial charge in [0.2, 0.25) is 6.41 Å². The molecule has 32 heavy (non-hydrogen) atoms. The monoisotopic (exact) mass is 439 g/mol. The molecule has 8 heteroatoms. The largest absolute Gasteiger partial charge is 0.493 e. The third-order valence-electron chi connectivity index (χ3n) is 5.34. The van der Waals surface area contributed by atoms with Gasteiger partial charge in [-0.1, -0.05) is 6.08 Å². The Balaban J connectivity index is 1.77.